The molecule has 1 saturated heterocycles. The van der Waals surface area contributed by atoms with Gasteiger partial charge in [0.25, 0.3) is 5.56 Å². The lowest BCUT2D eigenvalue weighted by Gasteiger charge is -2.17. The van der Waals surface area contributed by atoms with Gasteiger partial charge in [0, 0.05) is 35.1 Å². The molecule has 1 aromatic heterocycles. The average Bonchev–Trinajstić information content (AvgIpc) is 2.99. The van der Waals surface area contributed by atoms with E-state index in [1.54, 1.807) is 17.7 Å². The zero-order valence-corrected chi connectivity index (χ0v) is 18.8. The number of aryl methyl sites for hydroxylation is 1. The van der Waals surface area contributed by atoms with Gasteiger partial charge in [-0.15, -0.1) is 0 Å². The molecule has 7 nitrogen and oxygen atoms in total. The molecule has 3 atom stereocenters. The maximum absolute atomic E-state index is 12.2. The van der Waals surface area contributed by atoms with Crippen LogP contribution in [0.3, 0.4) is 0 Å². The van der Waals surface area contributed by atoms with E-state index in [4.69, 9.17) is 9.47 Å². The van der Waals surface area contributed by atoms with E-state index in [1.165, 1.54) is 10.8 Å². The number of carbonyl (C=O) groups excluding carboxylic acids is 1. The number of carbonyl (C=O) groups is 1. The van der Waals surface area contributed by atoms with E-state index >= 15 is 0 Å². The molecule has 1 N–H and O–H groups in total. The fourth-order valence-corrected chi connectivity index (χ4v) is 5.24. The van der Waals surface area contributed by atoms with Gasteiger partial charge in [-0.2, -0.15) is 0 Å². The molecule has 0 bridgehead atoms. The minimum atomic E-state index is -0.551. The Morgan fingerprint density at radius 1 is 1.39 bits per heavy atom. The lowest BCUT2D eigenvalue weighted by atomic mass is 10.1. The summed E-state index contributed by atoms with van der Waals surface area (Å²) in [7, 11) is 3.58. The second-order valence-electron chi connectivity index (χ2n) is 7.90. The lowest BCUT2D eigenvalue weighted by molar-refractivity contribution is -0.152. The number of nitrogens with zero attached hydrogens (tertiary/aromatic N) is 1. The molecule has 0 radical (unpaired) electrons. The summed E-state index contributed by atoms with van der Waals surface area (Å²) in [5.74, 6) is 0.656. The SMILES string of the molecule is CC[C@H]1O[C@@H](n2cc(C)c(=O)[nH]c2=O)CC1OC(=O)CCCSSC(C)(C)C. The Hall–Kier alpha value is -1.19. The average molecular weight is 431 g/mol. The van der Waals surface area contributed by atoms with Crippen LogP contribution in [0.25, 0.3) is 0 Å². The van der Waals surface area contributed by atoms with Crippen LogP contribution < -0.4 is 11.2 Å². The molecule has 1 aliphatic rings. The smallest absolute Gasteiger partial charge is 0.330 e. The number of aromatic amines is 1. The number of rotatable bonds is 8. The van der Waals surface area contributed by atoms with Crippen molar-refractivity contribution in [3.8, 4) is 0 Å². The highest BCUT2D eigenvalue weighted by Gasteiger charge is 2.38. The fourth-order valence-electron chi connectivity index (χ4n) is 2.88. The van der Waals surface area contributed by atoms with Crippen molar-refractivity contribution in [3.05, 3.63) is 32.6 Å². The van der Waals surface area contributed by atoms with Gasteiger partial charge in [-0.05, 0) is 19.8 Å². The van der Waals surface area contributed by atoms with Crippen LogP contribution in [0.1, 0.15) is 65.2 Å². The van der Waals surface area contributed by atoms with Crippen molar-refractivity contribution in [2.75, 3.05) is 5.75 Å². The van der Waals surface area contributed by atoms with Crippen LogP contribution in [0.5, 0.6) is 0 Å². The van der Waals surface area contributed by atoms with Crippen molar-refractivity contribution < 1.29 is 14.3 Å². The molecule has 0 saturated carbocycles. The van der Waals surface area contributed by atoms with E-state index in [0.29, 0.717) is 24.8 Å². The van der Waals surface area contributed by atoms with E-state index < -0.39 is 23.6 Å². The molecule has 9 heteroatoms. The van der Waals surface area contributed by atoms with Crippen molar-refractivity contribution >= 4 is 27.6 Å². The van der Waals surface area contributed by atoms with E-state index in [0.717, 1.165) is 12.2 Å². The molecule has 0 aromatic carbocycles. The van der Waals surface area contributed by atoms with Crippen molar-refractivity contribution in [2.24, 2.45) is 0 Å². The Morgan fingerprint density at radius 2 is 2.11 bits per heavy atom. The van der Waals surface area contributed by atoms with Crippen molar-refractivity contribution in [2.45, 2.75) is 83.5 Å². The van der Waals surface area contributed by atoms with Crippen LogP contribution in [0.15, 0.2) is 15.8 Å². The number of aromatic nitrogens is 2. The van der Waals surface area contributed by atoms with Gasteiger partial charge in [0.1, 0.15) is 12.3 Å². The predicted molar refractivity (Wildman–Crippen MR) is 114 cm³/mol. The van der Waals surface area contributed by atoms with Crippen LogP contribution in [-0.2, 0) is 14.3 Å². The molecule has 1 fully saturated rings. The van der Waals surface area contributed by atoms with Crippen LogP contribution in [-0.4, -0.2) is 38.2 Å². The van der Waals surface area contributed by atoms with E-state index in [9.17, 15) is 14.4 Å². The quantitative estimate of drug-likeness (QED) is 0.384. The monoisotopic (exact) mass is 430 g/mol. The number of nitrogens with one attached hydrogen (secondary N) is 1. The summed E-state index contributed by atoms with van der Waals surface area (Å²) in [6, 6.07) is 0. The molecule has 28 heavy (non-hydrogen) atoms. The molecule has 2 heterocycles. The van der Waals surface area contributed by atoms with Gasteiger partial charge in [0.15, 0.2) is 0 Å². The zero-order valence-electron chi connectivity index (χ0n) is 17.1. The zero-order chi connectivity index (χ0) is 20.9. The Bertz CT molecular complexity index is 784. The molecule has 2 rings (SSSR count). The van der Waals surface area contributed by atoms with Gasteiger partial charge in [-0.3, -0.25) is 19.1 Å². The van der Waals surface area contributed by atoms with Gasteiger partial charge >= 0.3 is 11.7 Å². The van der Waals surface area contributed by atoms with Crippen LogP contribution in [0, 0.1) is 6.92 Å². The van der Waals surface area contributed by atoms with Gasteiger partial charge in [-0.1, -0.05) is 49.3 Å². The molecule has 0 aliphatic carbocycles. The molecule has 1 aliphatic heterocycles. The third-order valence-corrected chi connectivity index (χ3v) is 7.67. The highest BCUT2D eigenvalue weighted by atomic mass is 33.1. The Labute approximate surface area is 173 Å². The van der Waals surface area contributed by atoms with Crippen molar-refractivity contribution in [1.29, 1.82) is 0 Å². The van der Waals surface area contributed by atoms with E-state index in [2.05, 4.69) is 25.8 Å². The van der Waals surface area contributed by atoms with E-state index in [1.807, 2.05) is 17.7 Å². The number of H-pyrrole nitrogens is 1. The summed E-state index contributed by atoms with van der Waals surface area (Å²) in [4.78, 5) is 38.2. The fraction of sp³-hybridized carbons (Fsp3) is 0.737. The van der Waals surface area contributed by atoms with Crippen LogP contribution >= 0.6 is 21.6 Å². The summed E-state index contributed by atoms with van der Waals surface area (Å²) >= 11 is 0. The standard InChI is InChI=1S/C19H30N2O5S2/c1-6-13-14(26-16(22)8-7-9-27-28-19(3,4)5)10-15(25-13)21-11-12(2)17(23)20-18(21)24/h11,13-15H,6-10H2,1-5H3,(H,20,23,24)/t13-,14?,15-/m1/s1. The minimum absolute atomic E-state index is 0.202. The van der Waals surface area contributed by atoms with Crippen LogP contribution in [0.4, 0.5) is 0 Å². The molecule has 1 aromatic rings. The molecular formula is C19H30N2O5S2. The number of esters is 1. The number of ether oxygens (including phenoxy) is 2. The second-order valence-corrected chi connectivity index (χ2v) is 11.1. The third-order valence-electron chi connectivity index (χ3n) is 4.24. The molecular weight excluding hydrogens is 400 g/mol. The molecule has 158 valence electrons. The Balaban J connectivity index is 1.88. The minimum Gasteiger partial charge on any atom is -0.459 e. The van der Waals surface area contributed by atoms with Crippen molar-refractivity contribution in [3.63, 3.8) is 0 Å². The first-order chi connectivity index (χ1) is 13.1. The summed E-state index contributed by atoms with van der Waals surface area (Å²) in [5, 5.41) is 0. The van der Waals surface area contributed by atoms with Gasteiger partial charge in [0.05, 0.1) is 6.10 Å². The summed E-state index contributed by atoms with van der Waals surface area (Å²) in [5.41, 5.74) is -0.491. The first kappa shape index (κ1) is 23.1. The normalized spacial score (nSPS) is 22.4. The largest absolute Gasteiger partial charge is 0.459 e. The highest BCUT2D eigenvalue weighted by molar-refractivity contribution is 8.77. The van der Waals surface area contributed by atoms with Crippen LogP contribution in [0.2, 0.25) is 0 Å². The second kappa shape index (κ2) is 10.0. The highest BCUT2D eigenvalue weighted by Crippen LogP contribution is 2.35. The summed E-state index contributed by atoms with van der Waals surface area (Å²) in [6.45, 7) is 10.1. The van der Waals surface area contributed by atoms with Crippen molar-refractivity contribution in [1.82, 2.24) is 9.55 Å². The number of hydrogen-bond acceptors (Lipinski definition) is 7. The molecule has 0 spiro atoms. The number of hydrogen-bond donors (Lipinski definition) is 1. The summed E-state index contributed by atoms with van der Waals surface area (Å²) < 4.78 is 13.1. The first-order valence-corrected chi connectivity index (χ1v) is 11.9. The summed E-state index contributed by atoms with van der Waals surface area (Å²) in [6.07, 6.45) is 2.48. The Kier molecular flexibility index (Phi) is 8.27. The van der Waals surface area contributed by atoms with Gasteiger partial charge in [-0.25, -0.2) is 4.79 Å². The predicted octanol–water partition coefficient (Wildman–Crippen LogP) is 3.41. The van der Waals surface area contributed by atoms with Gasteiger partial charge < -0.3 is 9.47 Å². The lowest BCUT2D eigenvalue weighted by Crippen LogP contribution is -2.33. The first-order valence-electron chi connectivity index (χ1n) is 9.58. The van der Waals surface area contributed by atoms with E-state index in [-0.39, 0.29) is 16.8 Å². The topological polar surface area (TPSA) is 90.4 Å². The maximum atomic E-state index is 12.2. The molecule has 0 amide bonds. The Morgan fingerprint density at radius 3 is 2.75 bits per heavy atom. The maximum Gasteiger partial charge on any atom is 0.330 e. The van der Waals surface area contributed by atoms with Gasteiger partial charge in [0.2, 0.25) is 0 Å². The third kappa shape index (κ3) is 6.70. The molecule has 1 unspecified atom stereocenters.